The van der Waals surface area contributed by atoms with Crippen molar-refractivity contribution in [1.29, 1.82) is 0 Å². The minimum absolute atomic E-state index is 0.0310. The molecule has 2 fully saturated rings. The van der Waals surface area contributed by atoms with E-state index in [1.807, 2.05) is 30.0 Å². The van der Waals surface area contributed by atoms with Crippen molar-refractivity contribution in [2.45, 2.75) is 36.9 Å². The molecule has 2 heterocycles. The summed E-state index contributed by atoms with van der Waals surface area (Å²) < 4.78 is 27.3. The Balaban J connectivity index is 1.53. The Bertz CT molecular complexity index is 1030. The molecule has 1 spiro atoms. The maximum Gasteiger partial charge on any atom is 0.246 e. The largest absolute Gasteiger partial charge is 0.507 e. The average molecular weight is 416 g/mol. The molecule has 0 aromatic heterocycles. The number of sulfonamides is 1. The molecule has 4 rings (SSSR count). The molecule has 0 saturated carbocycles. The summed E-state index contributed by atoms with van der Waals surface area (Å²) in [6, 6.07) is 14.0. The molecule has 1 amide bonds. The Hall–Kier alpha value is -2.42. The third-order valence-electron chi connectivity index (χ3n) is 5.84. The molecule has 29 heavy (non-hydrogen) atoms. The Morgan fingerprint density at radius 2 is 1.83 bits per heavy atom. The van der Waals surface area contributed by atoms with E-state index in [9.17, 15) is 18.3 Å². The number of aromatic hydroxyl groups is 1. The van der Waals surface area contributed by atoms with Crippen LogP contribution < -0.4 is 5.32 Å². The number of hydrogen-bond acceptors (Lipinski definition) is 5. The van der Waals surface area contributed by atoms with Crippen LogP contribution in [-0.4, -0.2) is 53.9 Å². The monoisotopic (exact) mass is 415 g/mol. The van der Waals surface area contributed by atoms with Crippen molar-refractivity contribution in [3.8, 4) is 5.75 Å². The van der Waals surface area contributed by atoms with Crippen LogP contribution in [0.2, 0.25) is 0 Å². The number of benzene rings is 2. The Morgan fingerprint density at radius 3 is 2.52 bits per heavy atom. The highest BCUT2D eigenvalue weighted by Gasteiger charge is 2.48. The summed E-state index contributed by atoms with van der Waals surface area (Å²) in [5.74, 6) is -0.216. The summed E-state index contributed by atoms with van der Waals surface area (Å²) in [5.41, 5.74) is 1.66. The number of phenols is 1. The predicted molar refractivity (Wildman–Crippen MR) is 109 cm³/mol. The standard InChI is InChI=1S/C21H25N3O4S/c1-16-5-4-6-17(13-16)15-24-20(26)14-22-21(24)9-11-23(12-10-21)29(27,28)19-8-3-2-7-18(19)25/h2-8,13,22,25H,9-12,14-15H2,1H3. The topological polar surface area (TPSA) is 90.0 Å². The number of amides is 1. The molecule has 0 aliphatic carbocycles. The van der Waals surface area contributed by atoms with Gasteiger partial charge in [0.1, 0.15) is 10.6 Å². The van der Waals surface area contributed by atoms with Crippen LogP contribution in [0.15, 0.2) is 53.4 Å². The molecule has 0 unspecified atom stereocenters. The summed E-state index contributed by atoms with van der Waals surface area (Å²) in [5, 5.41) is 13.3. The van der Waals surface area contributed by atoms with Crippen LogP contribution in [-0.2, 0) is 21.4 Å². The first-order valence-corrected chi connectivity index (χ1v) is 11.2. The van der Waals surface area contributed by atoms with Gasteiger partial charge >= 0.3 is 0 Å². The van der Waals surface area contributed by atoms with Gasteiger partial charge in [0.15, 0.2) is 0 Å². The molecule has 2 aromatic rings. The maximum absolute atomic E-state index is 13.0. The van der Waals surface area contributed by atoms with Crippen LogP contribution in [0, 0.1) is 6.92 Å². The molecular weight excluding hydrogens is 390 g/mol. The highest BCUT2D eigenvalue weighted by atomic mass is 32.2. The zero-order valence-electron chi connectivity index (χ0n) is 16.3. The van der Waals surface area contributed by atoms with Gasteiger partial charge < -0.3 is 10.0 Å². The minimum atomic E-state index is -3.78. The number of rotatable bonds is 4. The molecule has 7 nitrogen and oxygen atoms in total. The van der Waals surface area contributed by atoms with E-state index >= 15 is 0 Å². The van der Waals surface area contributed by atoms with Crippen molar-refractivity contribution in [2.75, 3.05) is 19.6 Å². The molecule has 2 N–H and O–H groups in total. The number of carbonyl (C=O) groups excluding carboxylic acids is 1. The van der Waals surface area contributed by atoms with Crippen LogP contribution in [0.1, 0.15) is 24.0 Å². The summed E-state index contributed by atoms with van der Waals surface area (Å²) in [6.07, 6.45) is 0.995. The van der Waals surface area contributed by atoms with Gasteiger partial charge in [-0.05, 0) is 37.5 Å². The number of carbonyl (C=O) groups is 1. The summed E-state index contributed by atoms with van der Waals surface area (Å²) >= 11 is 0. The van der Waals surface area contributed by atoms with E-state index in [1.54, 1.807) is 12.1 Å². The van der Waals surface area contributed by atoms with Gasteiger partial charge in [0, 0.05) is 19.6 Å². The average Bonchev–Trinajstić information content (AvgIpc) is 2.98. The quantitative estimate of drug-likeness (QED) is 0.795. The third kappa shape index (κ3) is 3.63. The normalized spacial score (nSPS) is 19.8. The summed E-state index contributed by atoms with van der Waals surface area (Å²) in [6.45, 7) is 3.34. The molecule has 2 saturated heterocycles. The van der Waals surface area contributed by atoms with Crippen molar-refractivity contribution in [3.63, 3.8) is 0 Å². The minimum Gasteiger partial charge on any atom is -0.507 e. The fourth-order valence-corrected chi connectivity index (χ4v) is 5.78. The summed E-state index contributed by atoms with van der Waals surface area (Å²) in [7, 11) is -3.78. The van der Waals surface area contributed by atoms with Gasteiger partial charge in [-0.3, -0.25) is 10.1 Å². The first kappa shape index (κ1) is 19.9. The van der Waals surface area contributed by atoms with Gasteiger partial charge in [-0.1, -0.05) is 42.0 Å². The van der Waals surface area contributed by atoms with E-state index in [0.29, 0.717) is 19.4 Å². The SMILES string of the molecule is Cc1cccc(CN2C(=O)CNC23CCN(S(=O)(=O)c2ccccc2O)CC3)c1. The van der Waals surface area contributed by atoms with Gasteiger partial charge in [-0.2, -0.15) is 4.31 Å². The van der Waals surface area contributed by atoms with Gasteiger partial charge in [-0.25, -0.2) is 8.42 Å². The number of piperidine rings is 1. The van der Waals surface area contributed by atoms with Crippen LogP contribution in [0.25, 0.3) is 0 Å². The van der Waals surface area contributed by atoms with Gasteiger partial charge in [-0.15, -0.1) is 0 Å². The third-order valence-corrected chi connectivity index (χ3v) is 7.79. The molecular formula is C21H25N3O4S. The number of phenolic OH excluding ortho intramolecular Hbond substituents is 1. The first-order valence-electron chi connectivity index (χ1n) is 9.71. The Labute approximate surface area is 171 Å². The number of aryl methyl sites for hydroxylation is 1. The zero-order valence-corrected chi connectivity index (χ0v) is 17.2. The number of nitrogens with one attached hydrogen (secondary N) is 1. The second-order valence-corrected chi connectivity index (χ2v) is 9.63. The predicted octanol–water partition coefficient (Wildman–Crippen LogP) is 1.81. The van der Waals surface area contributed by atoms with E-state index in [4.69, 9.17) is 0 Å². The van der Waals surface area contributed by atoms with Crippen molar-refractivity contribution >= 4 is 15.9 Å². The van der Waals surface area contributed by atoms with E-state index in [0.717, 1.165) is 11.1 Å². The molecule has 0 radical (unpaired) electrons. The van der Waals surface area contributed by atoms with E-state index in [1.165, 1.54) is 16.4 Å². The smallest absolute Gasteiger partial charge is 0.246 e. The van der Waals surface area contributed by atoms with Crippen molar-refractivity contribution < 1.29 is 18.3 Å². The van der Waals surface area contributed by atoms with Gasteiger partial charge in [0.25, 0.3) is 0 Å². The summed E-state index contributed by atoms with van der Waals surface area (Å²) in [4.78, 5) is 14.4. The second kappa shape index (κ2) is 7.44. The molecule has 2 aliphatic rings. The highest BCUT2D eigenvalue weighted by Crippen LogP contribution is 2.35. The fraction of sp³-hybridized carbons (Fsp3) is 0.381. The Morgan fingerprint density at radius 1 is 1.10 bits per heavy atom. The van der Waals surface area contributed by atoms with Crippen molar-refractivity contribution in [1.82, 2.24) is 14.5 Å². The van der Waals surface area contributed by atoms with E-state index in [2.05, 4.69) is 11.4 Å². The van der Waals surface area contributed by atoms with Crippen LogP contribution in [0.4, 0.5) is 0 Å². The lowest BCUT2D eigenvalue weighted by atomic mass is 9.96. The van der Waals surface area contributed by atoms with Crippen LogP contribution in [0.5, 0.6) is 5.75 Å². The second-order valence-electron chi connectivity index (χ2n) is 7.73. The lowest BCUT2D eigenvalue weighted by Gasteiger charge is -2.44. The molecule has 8 heteroatoms. The molecule has 0 atom stereocenters. The first-order chi connectivity index (χ1) is 13.8. The highest BCUT2D eigenvalue weighted by molar-refractivity contribution is 7.89. The molecule has 2 aromatic carbocycles. The van der Waals surface area contributed by atoms with E-state index < -0.39 is 15.7 Å². The van der Waals surface area contributed by atoms with Crippen LogP contribution >= 0.6 is 0 Å². The number of para-hydroxylation sites is 1. The Kier molecular flexibility index (Phi) is 5.10. The molecule has 0 bridgehead atoms. The number of nitrogens with zero attached hydrogens (tertiary/aromatic N) is 2. The van der Waals surface area contributed by atoms with Crippen LogP contribution in [0.3, 0.4) is 0 Å². The maximum atomic E-state index is 13.0. The van der Waals surface area contributed by atoms with Gasteiger partial charge in [0.2, 0.25) is 15.9 Å². The number of hydrogen-bond donors (Lipinski definition) is 2. The molecule has 154 valence electrons. The lowest BCUT2D eigenvalue weighted by molar-refractivity contribution is -0.132. The lowest BCUT2D eigenvalue weighted by Crippen LogP contribution is -2.58. The van der Waals surface area contributed by atoms with Crippen molar-refractivity contribution in [3.05, 3.63) is 59.7 Å². The fourth-order valence-electron chi connectivity index (χ4n) is 4.26. The van der Waals surface area contributed by atoms with Crippen molar-refractivity contribution in [2.24, 2.45) is 0 Å². The van der Waals surface area contributed by atoms with Gasteiger partial charge in [0.05, 0.1) is 12.2 Å². The zero-order chi connectivity index (χ0) is 20.6. The molecule has 2 aliphatic heterocycles. The van der Waals surface area contributed by atoms with E-state index in [-0.39, 0.29) is 36.2 Å².